The summed E-state index contributed by atoms with van der Waals surface area (Å²) in [6.07, 6.45) is 1.64. The van der Waals surface area contributed by atoms with E-state index in [9.17, 15) is 9.59 Å². The monoisotopic (exact) mass is 265 g/mol. The Balaban J connectivity index is 2.65. The summed E-state index contributed by atoms with van der Waals surface area (Å²) in [7, 11) is 0. The van der Waals surface area contributed by atoms with E-state index in [-0.39, 0.29) is 13.1 Å². The molecular formula is C13H19N3O3. The molecule has 1 aromatic rings. The van der Waals surface area contributed by atoms with Gasteiger partial charge in [-0.25, -0.2) is 4.79 Å². The third kappa shape index (κ3) is 4.95. The largest absolute Gasteiger partial charge is 0.480 e. The van der Waals surface area contributed by atoms with Gasteiger partial charge in [-0.1, -0.05) is 6.07 Å². The molecule has 0 spiro atoms. The number of aromatic nitrogens is 1. The zero-order chi connectivity index (χ0) is 14.5. The molecule has 6 heteroatoms. The summed E-state index contributed by atoms with van der Waals surface area (Å²) in [5, 5.41) is 11.5. The molecule has 0 unspecified atom stereocenters. The Labute approximate surface area is 112 Å². The highest BCUT2D eigenvalue weighted by atomic mass is 16.4. The lowest BCUT2D eigenvalue weighted by Crippen LogP contribution is -2.52. The van der Waals surface area contributed by atoms with Gasteiger partial charge in [-0.3, -0.25) is 9.78 Å². The van der Waals surface area contributed by atoms with Crippen molar-refractivity contribution in [1.29, 1.82) is 0 Å². The predicted molar refractivity (Wildman–Crippen MR) is 70.6 cm³/mol. The molecule has 1 heterocycles. The molecular weight excluding hydrogens is 246 g/mol. The first-order chi connectivity index (χ1) is 8.80. The minimum absolute atomic E-state index is 0.270. The summed E-state index contributed by atoms with van der Waals surface area (Å²) in [5.74, 6) is -1.04. The fourth-order valence-electron chi connectivity index (χ4n) is 1.51. The van der Waals surface area contributed by atoms with Crippen LogP contribution in [0.5, 0.6) is 0 Å². The number of urea groups is 1. The minimum atomic E-state index is -1.04. The average Bonchev–Trinajstić information content (AvgIpc) is 2.33. The summed E-state index contributed by atoms with van der Waals surface area (Å²) in [5.41, 5.74) is 0.159. The number of hydrogen-bond donors (Lipinski definition) is 2. The number of nitrogens with zero attached hydrogens (tertiary/aromatic N) is 2. The van der Waals surface area contributed by atoms with Crippen LogP contribution in [-0.4, -0.2) is 39.1 Å². The van der Waals surface area contributed by atoms with Gasteiger partial charge in [-0.15, -0.1) is 0 Å². The highest BCUT2D eigenvalue weighted by molar-refractivity contribution is 5.80. The number of amides is 2. The first kappa shape index (κ1) is 14.9. The van der Waals surface area contributed by atoms with Crippen molar-refractivity contribution in [3.63, 3.8) is 0 Å². The van der Waals surface area contributed by atoms with Crippen LogP contribution in [0.4, 0.5) is 4.79 Å². The van der Waals surface area contributed by atoms with Crippen molar-refractivity contribution in [1.82, 2.24) is 15.2 Å². The second-order valence-corrected chi connectivity index (χ2v) is 5.13. The lowest BCUT2D eigenvalue weighted by Gasteiger charge is -2.34. The van der Waals surface area contributed by atoms with E-state index in [1.165, 1.54) is 4.90 Å². The standard InChI is InChI=1S/C13H19N3O3/c1-13(2,3)16(9-11(17)18)12(19)15-8-10-6-4-5-7-14-10/h4-7H,8-9H2,1-3H3,(H,15,19)(H,17,18). The van der Waals surface area contributed by atoms with Gasteiger partial charge in [-0.2, -0.15) is 0 Å². The van der Waals surface area contributed by atoms with Crippen LogP contribution in [0.25, 0.3) is 0 Å². The molecule has 0 saturated heterocycles. The van der Waals surface area contributed by atoms with Crippen LogP contribution < -0.4 is 5.32 Å². The lowest BCUT2D eigenvalue weighted by atomic mass is 10.1. The second kappa shape index (κ2) is 6.17. The number of carbonyl (C=O) groups excluding carboxylic acids is 1. The molecule has 19 heavy (non-hydrogen) atoms. The van der Waals surface area contributed by atoms with E-state index in [4.69, 9.17) is 5.11 Å². The van der Waals surface area contributed by atoms with Crippen molar-refractivity contribution < 1.29 is 14.7 Å². The Morgan fingerprint density at radius 1 is 1.37 bits per heavy atom. The summed E-state index contributed by atoms with van der Waals surface area (Å²) in [4.78, 5) is 28.2. The maximum atomic E-state index is 12.0. The predicted octanol–water partition coefficient (Wildman–Crippen LogP) is 1.48. The molecule has 0 fully saturated rings. The van der Waals surface area contributed by atoms with Crippen molar-refractivity contribution in [2.45, 2.75) is 32.9 Å². The quantitative estimate of drug-likeness (QED) is 0.863. The summed E-state index contributed by atoms with van der Waals surface area (Å²) in [6.45, 7) is 5.30. The molecule has 2 amide bonds. The first-order valence-electron chi connectivity index (χ1n) is 5.98. The van der Waals surface area contributed by atoms with Crippen LogP contribution in [0.1, 0.15) is 26.5 Å². The lowest BCUT2D eigenvalue weighted by molar-refractivity contribution is -0.138. The molecule has 0 saturated carbocycles. The van der Waals surface area contributed by atoms with Gasteiger partial charge in [0, 0.05) is 11.7 Å². The van der Waals surface area contributed by atoms with Gasteiger partial charge in [0.25, 0.3) is 0 Å². The third-order valence-electron chi connectivity index (χ3n) is 2.50. The Hall–Kier alpha value is -2.11. The molecule has 0 aromatic carbocycles. The average molecular weight is 265 g/mol. The Morgan fingerprint density at radius 3 is 2.53 bits per heavy atom. The van der Waals surface area contributed by atoms with E-state index in [0.29, 0.717) is 0 Å². The summed E-state index contributed by atoms with van der Waals surface area (Å²) >= 11 is 0. The molecule has 0 bridgehead atoms. The maximum absolute atomic E-state index is 12.0. The third-order valence-corrected chi connectivity index (χ3v) is 2.50. The topological polar surface area (TPSA) is 82.5 Å². The van der Waals surface area contributed by atoms with Crippen molar-refractivity contribution in [2.75, 3.05) is 6.54 Å². The van der Waals surface area contributed by atoms with Crippen molar-refractivity contribution >= 4 is 12.0 Å². The number of pyridine rings is 1. The summed E-state index contributed by atoms with van der Waals surface area (Å²) < 4.78 is 0. The molecule has 104 valence electrons. The first-order valence-corrected chi connectivity index (χ1v) is 5.98. The summed E-state index contributed by atoms with van der Waals surface area (Å²) in [6, 6.07) is 4.99. The van der Waals surface area contributed by atoms with Crippen LogP contribution >= 0.6 is 0 Å². The van der Waals surface area contributed by atoms with Crippen LogP contribution in [0.3, 0.4) is 0 Å². The van der Waals surface area contributed by atoms with E-state index in [1.807, 2.05) is 6.07 Å². The Morgan fingerprint density at radius 2 is 2.05 bits per heavy atom. The molecule has 2 N–H and O–H groups in total. The number of aliphatic carboxylic acids is 1. The van der Waals surface area contributed by atoms with Gasteiger partial charge < -0.3 is 15.3 Å². The highest BCUT2D eigenvalue weighted by Crippen LogP contribution is 2.13. The van der Waals surface area contributed by atoms with Crippen molar-refractivity contribution in [3.05, 3.63) is 30.1 Å². The van der Waals surface area contributed by atoms with Crippen LogP contribution in [0, 0.1) is 0 Å². The number of rotatable bonds is 4. The zero-order valence-electron chi connectivity index (χ0n) is 11.4. The molecule has 1 rings (SSSR count). The van der Waals surface area contributed by atoms with Crippen LogP contribution in [0.2, 0.25) is 0 Å². The number of carboxylic acid groups (broad SMARTS) is 1. The van der Waals surface area contributed by atoms with Gasteiger partial charge in [0.15, 0.2) is 0 Å². The smallest absolute Gasteiger partial charge is 0.323 e. The van der Waals surface area contributed by atoms with E-state index in [1.54, 1.807) is 39.1 Å². The van der Waals surface area contributed by atoms with Gasteiger partial charge >= 0.3 is 12.0 Å². The van der Waals surface area contributed by atoms with E-state index in [0.717, 1.165) is 5.69 Å². The minimum Gasteiger partial charge on any atom is -0.480 e. The number of nitrogens with one attached hydrogen (secondary N) is 1. The molecule has 0 radical (unpaired) electrons. The van der Waals surface area contributed by atoms with Gasteiger partial charge in [0.05, 0.1) is 12.2 Å². The molecule has 0 atom stereocenters. The second-order valence-electron chi connectivity index (χ2n) is 5.13. The van der Waals surface area contributed by atoms with Crippen molar-refractivity contribution in [3.8, 4) is 0 Å². The maximum Gasteiger partial charge on any atom is 0.323 e. The number of hydrogen-bond acceptors (Lipinski definition) is 3. The number of carboxylic acids is 1. The molecule has 0 aliphatic carbocycles. The van der Waals surface area contributed by atoms with Gasteiger partial charge in [0.2, 0.25) is 0 Å². The van der Waals surface area contributed by atoms with E-state index in [2.05, 4.69) is 10.3 Å². The number of carbonyl (C=O) groups is 2. The van der Waals surface area contributed by atoms with Gasteiger partial charge in [-0.05, 0) is 32.9 Å². The molecule has 0 aliphatic heterocycles. The van der Waals surface area contributed by atoms with Crippen LogP contribution in [0.15, 0.2) is 24.4 Å². The Bertz CT molecular complexity index is 440. The highest BCUT2D eigenvalue weighted by Gasteiger charge is 2.28. The van der Waals surface area contributed by atoms with Crippen molar-refractivity contribution in [2.24, 2.45) is 0 Å². The molecule has 0 aliphatic rings. The van der Waals surface area contributed by atoms with Crippen LogP contribution in [-0.2, 0) is 11.3 Å². The van der Waals surface area contributed by atoms with E-state index < -0.39 is 17.5 Å². The van der Waals surface area contributed by atoms with Gasteiger partial charge in [0.1, 0.15) is 6.54 Å². The normalized spacial score (nSPS) is 10.9. The molecule has 6 nitrogen and oxygen atoms in total. The SMILES string of the molecule is CC(C)(C)N(CC(=O)O)C(=O)NCc1ccccn1. The fraction of sp³-hybridized carbons (Fsp3) is 0.462. The van der Waals surface area contributed by atoms with E-state index >= 15 is 0 Å². The zero-order valence-corrected chi connectivity index (χ0v) is 11.4. The molecule has 1 aromatic heterocycles. The fourth-order valence-corrected chi connectivity index (χ4v) is 1.51. The Kier molecular flexibility index (Phi) is 4.86.